The molecule has 2 atom stereocenters. The number of pyridine rings is 1. The Labute approximate surface area is 254 Å². The maximum atomic E-state index is 16.9. The van der Waals surface area contributed by atoms with Crippen LogP contribution in [0.5, 0.6) is 17.6 Å². The molecule has 8 rings (SSSR count). The molecule has 0 radical (unpaired) electrons. The Bertz CT molecular complexity index is 1610. The lowest BCUT2D eigenvalue weighted by molar-refractivity contribution is 0.107. The molecule has 0 unspecified atom stereocenters. The fraction of sp³-hybridized carbons (Fsp3) is 0.594. The SMILES string of the molecule is CN1c2nc(OC[C@@]34CCCN3C[C@H](F)C4)nc3c(F)c(-c4cc(O)cc(Cl)c4C4CC4)nc(c23)OCCC12CCCC2. The molecular formula is C32H36ClF2N5O3. The number of rotatable bonds is 5. The zero-order valence-corrected chi connectivity index (χ0v) is 25.1. The molecule has 5 aliphatic rings. The molecule has 2 aliphatic carbocycles. The van der Waals surface area contributed by atoms with Crippen LogP contribution in [-0.2, 0) is 0 Å². The molecule has 1 aromatic carbocycles. The number of hydrogen-bond donors (Lipinski definition) is 1. The van der Waals surface area contributed by atoms with Crippen molar-refractivity contribution in [3.05, 3.63) is 28.5 Å². The highest BCUT2D eigenvalue weighted by molar-refractivity contribution is 6.32. The van der Waals surface area contributed by atoms with E-state index in [9.17, 15) is 9.50 Å². The van der Waals surface area contributed by atoms with Gasteiger partial charge in [0, 0.05) is 42.6 Å². The van der Waals surface area contributed by atoms with Crippen LogP contribution in [0.15, 0.2) is 12.1 Å². The first-order chi connectivity index (χ1) is 20.8. The van der Waals surface area contributed by atoms with Crippen molar-refractivity contribution >= 4 is 28.3 Å². The number of aromatic nitrogens is 3. The van der Waals surface area contributed by atoms with Crippen LogP contribution in [0.4, 0.5) is 14.6 Å². The van der Waals surface area contributed by atoms with E-state index < -0.39 is 17.5 Å². The van der Waals surface area contributed by atoms with Gasteiger partial charge in [-0.1, -0.05) is 24.4 Å². The lowest BCUT2D eigenvalue weighted by Gasteiger charge is -2.41. The number of phenolic OH excluding ortho intramolecular Hbond substituents is 1. The number of fused-ring (bicyclic) bond motifs is 1. The number of hydrogen-bond acceptors (Lipinski definition) is 8. The third-order valence-corrected chi connectivity index (χ3v) is 11.0. The fourth-order valence-corrected chi connectivity index (χ4v) is 8.64. The molecule has 1 spiro atoms. The molecule has 5 heterocycles. The summed E-state index contributed by atoms with van der Waals surface area (Å²) in [6.07, 6.45) is 8.20. The Hall–Kier alpha value is -2.98. The molecule has 3 aromatic rings. The van der Waals surface area contributed by atoms with E-state index in [0.29, 0.717) is 41.4 Å². The van der Waals surface area contributed by atoms with Crippen LogP contribution < -0.4 is 14.4 Å². The maximum Gasteiger partial charge on any atom is 0.319 e. The Balaban J connectivity index is 1.30. The second-order valence-electron chi connectivity index (χ2n) is 13.2. The maximum absolute atomic E-state index is 16.9. The van der Waals surface area contributed by atoms with Gasteiger partial charge in [0.05, 0.1) is 12.1 Å². The second-order valence-corrected chi connectivity index (χ2v) is 13.7. The standard InChI is InChI=1S/C32H36ClF2N5O3/c1-39-28-24-27(37-30(38-28)43-17-32-9-4-11-40(32)16-19(34)15-32)25(35)26(21-13-20(41)14-22(33)23(21)18-5-6-18)36-29(24)42-12-10-31(39)7-2-3-8-31/h13-14,18-19,41H,2-12,15-17H2,1H3/t19-,32+/m1/s1. The first kappa shape index (κ1) is 27.6. The molecule has 0 amide bonds. The van der Waals surface area contributed by atoms with Gasteiger partial charge in [0.2, 0.25) is 5.88 Å². The van der Waals surface area contributed by atoms with Crippen molar-refractivity contribution < 1.29 is 23.4 Å². The van der Waals surface area contributed by atoms with E-state index in [1.807, 2.05) is 7.05 Å². The van der Waals surface area contributed by atoms with Crippen LogP contribution >= 0.6 is 11.6 Å². The summed E-state index contributed by atoms with van der Waals surface area (Å²) in [5.74, 6) is 0.259. The zero-order valence-electron chi connectivity index (χ0n) is 24.3. The number of anilines is 1. The fourth-order valence-electron chi connectivity index (χ4n) is 8.28. The van der Waals surface area contributed by atoms with Crippen molar-refractivity contribution in [2.75, 3.05) is 38.3 Å². The summed E-state index contributed by atoms with van der Waals surface area (Å²) in [7, 11) is 2.01. The topological polar surface area (TPSA) is 83.8 Å². The van der Waals surface area contributed by atoms with E-state index in [4.69, 9.17) is 31.0 Å². The highest BCUT2D eigenvalue weighted by Crippen LogP contribution is 2.51. The van der Waals surface area contributed by atoms with Gasteiger partial charge in [0.25, 0.3) is 0 Å². The summed E-state index contributed by atoms with van der Waals surface area (Å²) in [5.41, 5.74) is 0.745. The number of benzene rings is 1. The molecule has 0 bridgehead atoms. The molecular weight excluding hydrogens is 576 g/mol. The Morgan fingerprint density at radius 1 is 1.12 bits per heavy atom. The summed E-state index contributed by atoms with van der Waals surface area (Å²) < 4.78 is 43.9. The number of nitrogens with zero attached hydrogens (tertiary/aromatic N) is 5. The van der Waals surface area contributed by atoms with Gasteiger partial charge in [-0.25, -0.2) is 13.8 Å². The van der Waals surface area contributed by atoms with Gasteiger partial charge in [0.1, 0.15) is 40.9 Å². The number of alkyl halides is 1. The van der Waals surface area contributed by atoms with Crippen molar-refractivity contribution in [1.82, 2.24) is 19.9 Å². The first-order valence-electron chi connectivity index (χ1n) is 15.6. The average Bonchev–Trinajstić information content (AvgIpc) is 3.41. The largest absolute Gasteiger partial charge is 0.508 e. The molecule has 1 N–H and O–H groups in total. The van der Waals surface area contributed by atoms with E-state index in [2.05, 4.69) is 14.8 Å². The minimum atomic E-state index is -0.885. The quantitative estimate of drug-likeness (QED) is 0.348. The molecule has 2 saturated carbocycles. The Morgan fingerprint density at radius 3 is 2.72 bits per heavy atom. The third-order valence-electron chi connectivity index (χ3n) is 10.7. The molecule has 4 fully saturated rings. The predicted octanol–water partition coefficient (Wildman–Crippen LogP) is 6.55. The van der Waals surface area contributed by atoms with Crippen molar-refractivity contribution in [3.8, 4) is 28.9 Å². The Morgan fingerprint density at radius 2 is 1.93 bits per heavy atom. The number of halogens is 3. The monoisotopic (exact) mass is 611 g/mol. The summed E-state index contributed by atoms with van der Waals surface area (Å²) in [5, 5.41) is 11.3. The molecule has 3 aliphatic heterocycles. The number of aromatic hydroxyl groups is 1. The van der Waals surface area contributed by atoms with Gasteiger partial charge in [-0.3, -0.25) is 4.90 Å². The molecule has 228 valence electrons. The molecule has 8 nitrogen and oxygen atoms in total. The number of ether oxygens (including phenoxy) is 2. The normalized spacial score (nSPS) is 26.5. The van der Waals surface area contributed by atoms with E-state index in [-0.39, 0.29) is 46.9 Å². The van der Waals surface area contributed by atoms with Crippen molar-refractivity contribution in [3.63, 3.8) is 0 Å². The van der Waals surface area contributed by atoms with Gasteiger partial charge in [0.15, 0.2) is 5.82 Å². The lowest BCUT2D eigenvalue weighted by Crippen LogP contribution is -2.47. The van der Waals surface area contributed by atoms with Crippen molar-refractivity contribution in [2.24, 2.45) is 0 Å². The predicted molar refractivity (Wildman–Crippen MR) is 160 cm³/mol. The third kappa shape index (κ3) is 4.42. The van der Waals surface area contributed by atoms with Gasteiger partial charge in [-0.15, -0.1) is 0 Å². The Kier molecular flexibility index (Phi) is 6.42. The van der Waals surface area contributed by atoms with E-state index >= 15 is 4.39 Å². The summed E-state index contributed by atoms with van der Waals surface area (Å²) >= 11 is 6.59. The molecule has 11 heteroatoms. The van der Waals surface area contributed by atoms with Crippen molar-refractivity contribution in [1.29, 1.82) is 0 Å². The van der Waals surface area contributed by atoms with Gasteiger partial charge in [-0.05, 0) is 68.7 Å². The minimum absolute atomic E-state index is 0.0354. The van der Waals surface area contributed by atoms with Crippen LogP contribution in [0.25, 0.3) is 22.2 Å². The van der Waals surface area contributed by atoms with Gasteiger partial charge < -0.3 is 19.5 Å². The summed E-state index contributed by atoms with van der Waals surface area (Å²) in [6, 6.07) is 3.07. The minimum Gasteiger partial charge on any atom is -0.508 e. The van der Waals surface area contributed by atoms with Crippen molar-refractivity contribution in [2.45, 2.75) is 87.4 Å². The zero-order chi connectivity index (χ0) is 29.5. The lowest BCUT2D eigenvalue weighted by atomic mass is 9.91. The van der Waals surface area contributed by atoms with E-state index in [0.717, 1.165) is 69.9 Å². The van der Waals surface area contributed by atoms with E-state index in [1.165, 1.54) is 12.1 Å². The van der Waals surface area contributed by atoms with Crippen LogP contribution in [0.3, 0.4) is 0 Å². The summed E-state index contributed by atoms with van der Waals surface area (Å²) in [4.78, 5) is 18.6. The summed E-state index contributed by atoms with van der Waals surface area (Å²) in [6.45, 7) is 1.93. The van der Waals surface area contributed by atoms with Crippen LogP contribution in [0, 0.1) is 5.82 Å². The molecule has 2 saturated heterocycles. The van der Waals surface area contributed by atoms with Crippen LogP contribution in [0.1, 0.15) is 75.7 Å². The molecule has 43 heavy (non-hydrogen) atoms. The highest BCUT2D eigenvalue weighted by Gasteiger charge is 2.49. The van der Waals surface area contributed by atoms with E-state index in [1.54, 1.807) is 0 Å². The van der Waals surface area contributed by atoms with Crippen LogP contribution in [-0.4, -0.2) is 75.6 Å². The first-order valence-corrected chi connectivity index (χ1v) is 16.0. The van der Waals surface area contributed by atoms with Crippen LogP contribution in [0.2, 0.25) is 5.02 Å². The second kappa shape index (κ2) is 10.0. The smallest absolute Gasteiger partial charge is 0.319 e. The average molecular weight is 612 g/mol. The highest BCUT2D eigenvalue weighted by atomic mass is 35.5. The molecule has 2 aromatic heterocycles. The van der Waals surface area contributed by atoms with Gasteiger partial charge in [-0.2, -0.15) is 9.97 Å². The number of phenols is 1. The van der Waals surface area contributed by atoms with Gasteiger partial charge >= 0.3 is 6.01 Å².